The third kappa shape index (κ3) is 3.35. The van der Waals surface area contributed by atoms with Gasteiger partial charge in [0.15, 0.2) is 6.29 Å². The Morgan fingerprint density at radius 2 is 1.90 bits per heavy atom. The van der Waals surface area contributed by atoms with E-state index in [0.29, 0.717) is 6.29 Å². The summed E-state index contributed by atoms with van der Waals surface area (Å²) in [5, 5.41) is 0. The fourth-order valence-electron chi connectivity index (χ4n) is 0.705. The lowest BCUT2D eigenvalue weighted by molar-refractivity contribution is -0.130. The molecule has 0 amide bonds. The summed E-state index contributed by atoms with van der Waals surface area (Å²) >= 11 is 0. The van der Waals surface area contributed by atoms with Crippen molar-refractivity contribution in [2.24, 2.45) is 0 Å². The number of rotatable bonds is 5. The summed E-state index contributed by atoms with van der Waals surface area (Å²) < 4.78 is 0. The fourth-order valence-corrected chi connectivity index (χ4v) is 0.705. The maximum atomic E-state index is 10.5. The van der Waals surface area contributed by atoms with Crippen LogP contribution >= 0.6 is 0 Å². The third-order valence-electron chi connectivity index (χ3n) is 1.41. The van der Waals surface area contributed by atoms with Gasteiger partial charge in [-0.05, 0) is 13.1 Å². The SMILES string of the molecule is CCN(CC)CC(=O)C=O. The van der Waals surface area contributed by atoms with Crippen LogP contribution in [0.25, 0.3) is 0 Å². The summed E-state index contributed by atoms with van der Waals surface area (Å²) in [5.74, 6) is -0.344. The van der Waals surface area contributed by atoms with Crippen LogP contribution in [0.4, 0.5) is 0 Å². The Kier molecular flexibility index (Phi) is 4.76. The minimum Gasteiger partial charge on any atom is -0.296 e. The second kappa shape index (κ2) is 5.11. The number of carbonyl (C=O) groups excluding carboxylic acids is 2. The van der Waals surface area contributed by atoms with E-state index >= 15 is 0 Å². The average molecular weight is 143 g/mol. The zero-order valence-corrected chi connectivity index (χ0v) is 6.46. The van der Waals surface area contributed by atoms with E-state index in [9.17, 15) is 9.59 Å². The molecule has 0 fully saturated rings. The van der Waals surface area contributed by atoms with Crippen LogP contribution in [0.1, 0.15) is 13.8 Å². The van der Waals surface area contributed by atoms with Gasteiger partial charge in [0.05, 0.1) is 6.54 Å². The van der Waals surface area contributed by atoms with E-state index in [-0.39, 0.29) is 12.3 Å². The van der Waals surface area contributed by atoms with Gasteiger partial charge in [0.2, 0.25) is 5.78 Å². The lowest BCUT2D eigenvalue weighted by Gasteiger charge is -2.14. The molecule has 0 unspecified atom stereocenters. The summed E-state index contributed by atoms with van der Waals surface area (Å²) in [6.45, 7) is 5.81. The van der Waals surface area contributed by atoms with E-state index in [4.69, 9.17) is 0 Å². The summed E-state index contributed by atoms with van der Waals surface area (Å²) in [6, 6.07) is 0. The van der Waals surface area contributed by atoms with Gasteiger partial charge in [-0.15, -0.1) is 0 Å². The van der Waals surface area contributed by atoms with Crippen LogP contribution in [0.3, 0.4) is 0 Å². The van der Waals surface area contributed by atoms with Crippen LogP contribution in [-0.2, 0) is 9.59 Å². The molecule has 0 rings (SSSR count). The maximum Gasteiger partial charge on any atom is 0.209 e. The third-order valence-corrected chi connectivity index (χ3v) is 1.41. The zero-order valence-electron chi connectivity index (χ0n) is 6.46. The van der Waals surface area contributed by atoms with Crippen molar-refractivity contribution in [1.82, 2.24) is 4.90 Å². The quantitative estimate of drug-likeness (QED) is 0.404. The first-order chi connectivity index (χ1) is 4.74. The molecule has 3 heteroatoms. The predicted octanol–water partition coefficient (Wildman–Crippen LogP) is 0.0962. The molecule has 0 aromatic rings. The first kappa shape index (κ1) is 9.30. The monoisotopic (exact) mass is 143 g/mol. The molecule has 0 aliphatic heterocycles. The van der Waals surface area contributed by atoms with E-state index in [1.54, 1.807) is 0 Å². The molecule has 0 spiro atoms. The lowest BCUT2D eigenvalue weighted by atomic mass is 10.4. The van der Waals surface area contributed by atoms with E-state index in [0.717, 1.165) is 13.1 Å². The highest BCUT2D eigenvalue weighted by atomic mass is 16.2. The molecule has 0 aromatic carbocycles. The van der Waals surface area contributed by atoms with Gasteiger partial charge in [-0.25, -0.2) is 0 Å². The van der Waals surface area contributed by atoms with Crippen LogP contribution in [0.2, 0.25) is 0 Å². The number of ketones is 1. The van der Waals surface area contributed by atoms with Crippen molar-refractivity contribution in [2.45, 2.75) is 13.8 Å². The Balaban J connectivity index is 3.62. The van der Waals surface area contributed by atoms with Crippen LogP contribution < -0.4 is 0 Å². The number of nitrogens with zero attached hydrogens (tertiary/aromatic N) is 1. The lowest BCUT2D eigenvalue weighted by Crippen LogP contribution is -2.29. The molecule has 0 saturated carbocycles. The Hall–Kier alpha value is -0.700. The molecule has 0 radical (unpaired) electrons. The highest BCUT2D eigenvalue weighted by Crippen LogP contribution is 1.84. The predicted molar refractivity (Wildman–Crippen MR) is 38.9 cm³/mol. The second-order valence-electron chi connectivity index (χ2n) is 2.05. The zero-order chi connectivity index (χ0) is 7.98. The van der Waals surface area contributed by atoms with Crippen LogP contribution in [0.5, 0.6) is 0 Å². The summed E-state index contributed by atoms with van der Waals surface area (Å²) in [7, 11) is 0. The highest BCUT2D eigenvalue weighted by molar-refractivity contribution is 6.25. The van der Waals surface area contributed by atoms with Gasteiger partial charge in [0.1, 0.15) is 0 Å². The van der Waals surface area contributed by atoms with Gasteiger partial charge in [-0.2, -0.15) is 0 Å². The first-order valence-electron chi connectivity index (χ1n) is 3.44. The molecule has 0 aliphatic rings. The summed E-state index contributed by atoms with van der Waals surface area (Å²) in [5.41, 5.74) is 0. The molecule has 0 bridgehead atoms. The fraction of sp³-hybridized carbons (Fsp3) is 0.714. The largest absolute Gasteiger partial charge is 0.296 e. The number of Topliss-reactive ketones (excluding diaryl/α,β-unsaturated/α-hetero) is 1. The molecule has 0 atom stereocenters. The number of carbonyl (C=O) groups is 2. The first-order valence-corrected chi connectivity index (χ1v) is 3.44. The van der Waals surface area contributed by atoms with Gasteiger partial charge in [0.25, 0.3) is 0 Å². The molecule has 10 heavy (non-hydrogen) atoms. The minimum absolute atomic E-state index is 0.260. The molecular formula is C7H13NO2. The van der Waals surface area contributed by atoms with Crippen LogP contribution in [0.15, 0.2) is 0 Å². The van der Waals surface area contributed by atoms with Crippen LogP contribution in [0, 0.1) is 0 Å². The van der Waals surface area contributed by atoms with Crippen molar-refractivity contribution < 1.29 is 9.59 Å². The van der Waals surface area contributed by atoms with Gasteiger partial charge < -0.3 is 0 Å². The van der Waals surface area contributed by atoms with Gasteiger partial charge in [0, 0.05) is 0 Å². The molecule has 0 saturated heterocycles. The normalized spacial score (nSPS) is 9.90. The van der Waals surface area contributed by atoms with E-state index in [1.165, 1.54) is 0 Å². The van der Waals surface area contributed by atoms with Crippen LogP contribution in [-0.4, -0.2) is 36.6 Å². The number of hydrogen-bond acceptors (Lipinski definition) is 3. The summed E-state index contributed by atoms with van der Waals surface area (Å²) in [6.07, 6.45) is 0.373. The highest BCUT2D eigenvalue weighted by Gasteiger charge is 2.04. The van der Waals surface area contributed by atoms with Gasteiger partial charge >= 0.3 is 0 Å². The number of aldehydes is 1. The van der Waals surface area contributed by atoms with E-state index < -0.39 is 0 Å². The Morgan fingerprint density at radius 3 is 2.20 bits per heavy atom. The topological polar surface area (TPSA) is 37.4 Å². The Morgan fingerprint density at radius 1 is 1.40 bits per heavy atom. The van der Waals surface area contributed by atoms with Crippen molar-refractivity contribution in [2.75, 3.05) is 19.6 Å². The van der Waals surface area contributed by atoms with Crippen molar-refractivity contribution in [3.63, 3.8) is 0 Å². The molecule has 58 valence electrons. The number of hydrogen-bond donors (Lipinski definition) is 0. The molecule has 0 aliphatic carbocycles. The molecule has 0 aromatic heterocycles. The molecule has 0 N–H and O–H groups in total. The summed E-state index contributed by atoms with van der Waals surface area (Å²) in [4.78, 5) is 22.3. The molecule has 3 nitrogen and oxygen atoms in total. The average Bonchev–Trinajstić information content (AvgIpc) is 1.99. The smallest absolute Gasteiger partial charge is 0.209 e. The van der Waals surface area contributed by atoms with E-state index in [2.05, 4.69) is 0 Å². The maximum absolute atomic E-state index is 10.5. The van der Waals surface area contributed by atoms with Gasteiger partial charge in [-0.1, -0.05) is 13.8 Å². The number of likely N-dealkylation sites (N-methyl/N-ethyl adjacent to an activating group) is 1. The van der Waals surface area contributed by atoms with E-state index in [1.807, 2.05) is 18.7 Å². The standard InChI is InChI=1S/C7H13NO2/c1-3-8(4-2)5-7(10)6-9/h6H,3-5H2,1-2H3. The Labute approximate surface area is 61.0 Å². The van der Waals surface area contributed by atoms with Crippen molar-refractivity contribution in [3.05, 3.63) is 0 Å². The van der Waals surface area contributed by atoms with Crippen molar-refractivity contribution in [1.29, 1.82) is 0 Å². The molecular weight excluding hydrogens is 130 g/mol. The van der Waals surface area contributed by atoms with Crippen molar-refractivity contribution in [3.8, 4) is 0 Å². The van der Waals surface area contributed by atoms with Crippen molar-refractivity contribution >= 4 is 12.1 Å². The minimum atomic E-state index is -0.344. The Bertz CT molecular complexity index is 119. The second-order valence-corrected chi connectivity index (χ2v) is 2.05. The van der Waals surface area contributed by atoms with Gasteiger partial charge in [-0.3, -0.25) is 14.5 Å². The molecule has 0 heterocycles.